The van der Waals surface area contributed by atoms with E-state index in [0.717, 1.165) is 25.3 Å². The molecule has 0 fully saturated rings. The lowest BCUT2D eigenvalue weighted by Gasteiger charge is -2.15. The molecular formula is C11H9F4NO4. The number of alkyl halides is 4. The Balaban J connectivity index is 3.00. The molecule has 1 aromatic carbocycles. The first-order valence-corrected chi connectivity index (χ1v) is 5.09. The number of nitrogens with one attached hydrogen (secondary N) is 1. The van der Waals surface area contributed by atoms with Crippen molar-refractivity contribution in [3.05, 3.63) is 23.8 Å². The zero-order valence-electron chi connectivity index (χ0n) is 9.99. The fourth-order valence-electron chi connectivity index (χ4n) is 1.26. The van der Waals surface area contributed by atoms with Crippen LogP contribution in [0.2, 0.25) is 0 Å². The number of aromatic carboxylic acids is 1. The fourth-order valence-corrected chi connectivity index (χ4v) is 1.26. The highest BCUT2D eigenvalue weighted by atomic mass is 19.3. The molecule has 0 aliphatic rings. The minimum atomic E-state index is -4.85. The van der Waals surface area contributed by atoms with Gasteiger partial charge in [-0.25, -0.2) is 13.6 Å². The smallest absolute Gasteiger partial charge is 0.383 e. The fraction of sp³-hybridized carbons (Fsp3) is 0.273. The molecule has 0 bridgehead atoms. The van der Waals surface area contributed by atoms with Gasteiger partial charge in [-0.3, -0.25) is 4.79 Å². The van der Waals surface area contributed by atoms with Crippen LogP contribution in [0.4, 0.5) is 23.2 Å². The number of carboxylic acids is 1. The Bertz CT molecular complexity index is 533. The normalized spacial score (nSPS) is 11.3. The van der Waals surface area contributed by atoms with E-state index in [4.69, 9.17) is 9.84 Å². The van der Waals surface area contributed by atoms with Crippen LogP contribution in [-0.4, -0.2) is 36.4 Å². The van der Waals surface area contributed by atoms with Gasteiger partial charge in [0.2, 0.25) is 0 Å². The third-order valence-electron chi connectivity index (χ3n) is 2.27. The van der Waals surface area contributed by atoms with Crippen molar-refractivity contribution in [2.75, 3.05) is 12.4 Å². The predicted octanol–water partition coefficient (Wildman–Crippen LogP) is 2.23. The molecule has 1 amide bonds. The quantitative estimate of drug-likeness (QED) is 0.817. The van der Waals surface area contributed by atoms with Gasteiger partial charge < -0.3 is 15.2 Å². The standard InChI is InChI=1S/C11H9F4NO4/c1-20-7-4-5(2-3-6(7)8(17)18)16-10(19)11(14,15)9(12)13/h2-4,9H,1H3,(H,16,19)(H,17,18). The van der Waals surface area contributed by atoms with Gasteiger partial charge in [0.15, 0.2) is 0 Å². The summed E-state index contributed by atoms with van der Waals surface area (Å²) in [6, 6.07) is 2.89. The molecule has 0 unspecified atom stereocenters. The van der Waals surface area contributed by atoms with Gasteiger partial charge in [0.25, 0.3) is 0 Å². The summed E-state index contributed by atoms with van der Waals surface area (Å²) in [7, 11) is 1.13. The van der Waals surface area contributed by atoms with E-state index >= 15 is 0 Å². The van der Waals surface area contributed by atoms with Crippen LogP contribution in [0.25, 0.3) is 0 Å². The number of methoxy groups -OCH3 is 1. The Morgan fingerprint density at radius 1 is 1.35 bits per heavy atom. The monoisotopic (exact) mass is 295 g/mol. The molecular weight excluding hydrogens is 286 g/mol. The van der Waals surface area contributed by atoms with E-state index in [-0.39, 0.29) is 17.0 Å². The van der Waals surface area contributed by atoms with Crippen molar-refractivity contribution in [3.63, 3.8) is 0 Å². The van der Waals surface area contributed by atoms with E-state index < -0.39 is 24.2 Å². The summed E-state index contributed by atoms with van der Waals surface area (Å²) in [5.74, 6) is -8.59. The van der Waals surface area contributed by atoms with E-state index in [9.17, 15) is 27.2 Å². The SMILES string of the molecule is COc1cc(NC(=O)C(F)(F)C(F)F)ccc1C(=O)O. The largest absolute Gasteiger partial charge is 0.496 e. The average Bonchev–Trinajstić information content (AvgIpc) is 2.37. The molecule has 0 aliphatic heterocycles. The van der Waals surface area contributed by atoms with Crippen LogP contribution in [-0.2, 0) is 4.79 Å². The van der Waals surface area contributed by atoms with Crippen molar-refractivity contribution >= 4 is 17.6 Å². The van der Waals surface area contributed by atoms with Crippen molar-refractivity contribution < 1.29 is 37.0 Å². The lowest BCUT2D eigenvalue weighted by atomic mass is 10.1. The summed E-state index contributed by atoms with van der Waals surface area (Å²) in [5.41, 5.74) is -0.566. The molecule has 1 rings (SSSR count). The summed E-state index contributed by atoms with van der Waals surface area (Å²) in [5, 5.41) is 10.3. The second kappa shape index (κ2) is 5.76. The number of carbonyl (C=O) groups is 2. The topological polar surface area (TPSA) is 75.6 Å². The Kier molecular flexibility index (Phi) is 4.53. The second-order valence-corrected chi connectivity index (χ2v) is 3.60. The molecule has 0 aliphatic carbocycles. The molecule has 0 heterocycles. The van der Waals surface area contributed by atoms with Crippen LogP contribution < -0.4 is 10.1 Å². The number of halogens is 4. The average molecular weight is 295 g/mol. The first kappa shape index (κ1) is 15.7. The molecule has 0 aromatic heterocycles. The third kappa shape index (κ3) is 3.16. The number of hydrogen-bond donors (Lipinski definition) is 2. The number of benzene rings is 1. The van der Waals surface area contributed by atoms with Crippen molar-refractivity contribution in [1.29, 1.82) is 0 Å². The summed E-state index contributed by atoms with van der Waals surface area (Å²) >= 11 is 0. The molecule has 20 heavy (non-hydrogen) atoms. The predicted molar refractivity (Wildman–Crippen MR) is 59.5 cm³/mol. The van der Waals surface area contributed by atoms with E-state index in [0.29, 0.717) is 0 Å². The highest BCUT2D eigenvalue weighted by Crippen LogP contribution is 2.27. The Hall–Kier alpha value is -2.32. The summed E-state index contributed by atoms with van der Waals surface area (Å²) in [6.07, 6.45) is -4.15. The number of anilines is 1. The van der Waals surface area contributed by atoms with Crippen LogP contribution in [0, 0.1) is 0 Å². The van der Waals surface area contributed by atoms with Gasteiger partial charge in [0.05, 0.1) is 7.11 Å². The molecule has 110 valence electrons. The van der Waals surface area contributed by atoms with Gasteiger partial charge in [-0.1, -0.05) is 0 Å². The van der Waals surface area contributed by atoms with Crippen molar-refractivity contribution in [2.24, 2.45) is 0 Å². The van der Waals surface area contributed by atoms with Crippen LogP contribution >= 0.6 is 0 Å². The molecule has 0 atom stereocenters. The Morgan fingerprint density at radius 2 is 1.95 bits per heavy atom. The number of ether oxygens (including phenoxy) is 1. The molecule has 0 saturated heterocycles. The Labute approximate surface area is 110 Å². The summed E-state index contributed by atoms with van der Waals surface area (Å²) < 4.78 is 54.1. The van der Waals surface area contributed by atoms with Gasteiger partial charge in [0, 0.05) is 11.8 Å². The maximum Gasteiger partial charge on any atom is 0.383 e. The van der Waals surface area contributed by atoms with Crippen molar-refractivity contribution in [2.45, 2.75) is 12.3 Å². The van der Waals surface area contributed by atoms with Gasteiger partial charge in [-0.15, -0.1) is 0 Å². The molecule has 5 nitrogen and oxygen atoms in total. The van der Waals surface area contributed by atoms with Crippen LogP contribution in [0.5, 0.6) is 5.75 Å². The van der Waals surface area contributed by atoms with Gasteiger partial charge >= 0.3 is 24.2 Å². The summed E-state index contributed by atoms with van der Waals surface area (Å²) in [6.45, 7) is 0. The first-order valence-electron chi connectivity index (χ1n) is 5.09. The molecule has 0 spiro atoms. The number of carboxylic acid groups (broad SMARTS) is 1. The van der Waals surface area contributed by atoms with Crippen molar-refractivity contribution in [1.82, 2.24) is 0 Å². The number of carbonyl (C=O) groups excluding carboxylic acids is 1. The molecule has 2 N–H and O–H groups in total. The Morgan fingerprint density at radius 3 is 2.40 bits per heavy atom. The minimum absolute atomic E-state index is 0.212. The maximum absolute atomic E-state index is 12.7. The zero-order valence-corrected chi connectivity index (χ0v) is 9.99. The minimum Gasteiger partial charge on any atom is -0.496 e. The second-order valence-electron chi connectivity index (χ2n) is 3.60. The first-order chi connectivity index (χ1) is 9.20. The molecule has 0 radical (unpaired) electrons. The molecule has 0 saturated carbocycles. The van der Waals surface area contributed by atoms with E-state index in [1.54, 1.807) is 5.32 Å². The number of rotatable bonds is 5. The maximum atomic E-state index is 12.7. The van der Waals surface area contributed by atoms with Gasteiger partial charge in [0.1, 0.15) is 11.3 Å². The highest BCUT2D eigenvalue weighted by Gasteiger charge is 2.48. The van der Waals surface area contributed by atoms with Gasteiger partial charge in [-0.2, -0.15) is 8.78 Å². The van der Waals surface area contributed by atoms with Crippen LogP contribution in [0.3, 0.4) is 0 Å². The van der Waals surface area contributed by atoms with Crippen molar-refractivity contribution in [3.8, 4) is 5.75 Å². The number of hydrogen-bond acceptors (Lipinski definition) is 3. The van der Waals surface area contributed by atoms with Gasteiger partial charge in [-0.05, 0) is 12.1 Å². The van der Waals surface area contributed by atoms with E-state index in [1.807, 2.05) is 0 Å². The van der Waals surface area contributed by atoms with E-state index in [2.05, 4.69) is 0 Å². The zero-order chi connectivity index (χ0) is 15.5. The lowest BCUT2D eigenvalue weighted by Crippen LogP contribution is -2.40. The summed E-state index contributed by atoms with van der Waals surface area (Å²) in [4.78, 5) is 21.8. The lowest BCUT2D eigenvalue weighted by molar-refractivity contribution is -0.163. The highest BCUT2D eigenvalue weighted by molar-refractivity contribution is 5.98. The van der Waals surface area contributed by atoms with E-state index in [1.165, 1.54) is 0 Å². The van der Waals surface area contributed by atoms with Crippen LogP contribution in [0.1, 0.15) is 10.4 Å². The molecule has 1 aromatic rings. The van der Waals surface area contributed by atoms with Crippen LogP contribution in [0.15, 0.2) is 18.2 Å². The number of amides is 1. The third-order valence-corrected chi connectivity index (χ3v) is 2.27. The molecule has 9 heteroatoms.